The van der Waals surface area contributed by atoms with Crippen molar-refractivity contribution in [1.82, 2.24) is 0 Å². The summed E-state index contributed by atoms with van der Waals surface area (Å²) in [5, 5.41) is 10.3. The molecule has 3 unspecified atom stereocenters. The maximum absolute atomic E-state index is 10.3. The third kappa shape index (κ3) is 1.82. The van der Waals surface area contributed by atoms with Crippen molar-refractivity contribution in [2.45, 2.75) is 58.5 Å². The Labute approximate surface area is 76.2 Å². The van der Waals surface area contributed by atoms with Gasteiger partial charge in [0.2, 0.25) is 0 Å². The van der Waals surface area contributed by atoms with Crippen molar-refractivity contribution in [3.05, 3.63) is 0 Å². The molecule has 0 heterocycles. The Hall–Kier alpha value is -0.0400. The maximum atomic E-state index is 10.3. The molecule has 0 aliphatic heterocycles. The lowest BCUT2D eigenvalue weighted by Crippen LogP contribution is -2.42. The summed E-state index contributed by atoms with van der Waals surface area (Å²) in [5.41, 5.74) is -0.341. The van der Waals surface area contributed by atoms with E-state index in [1.54, 1.807) is 0 Å². The predicted molar refractivity (Wildman–Crippen MR) is 52.0 cm³/mol. The molecule has 0 aromatic rings. The Bertz CT molecular complexity index is 140. The molecule has 0 amide bonds. The van der Waals surface area contributed by atoms with Gasteiger partial charge in [0.1, 0.15) is 0 Å². The molecule has 3 atom stereocenters. The van der Waals surface area contributed by atoms with Crippen LogP contribution in [0.2, 0.25) is 0 Å². The molecule has 1 aliphatic carbocycles. The van der Waals surface area contributed by atoms with E-state index in [0.29, 0.717) is 11.8 Å². The number of hydrogen-bond donors (Lipinski definition) is 1. The molecule has 1 heteroatoms. The second-order valence-electron chi connectivity index (χ2n) is 4.51. The van der Waals surface area contributed by atoms with Crippen LogP contribution in [0.15, 0.2) is 0 Å². The molecule has 0 aromatic heterocycles. The summed E-state index contributed by atoms with van der Waals surface area (Å²) in [4.78, 5) is 0. The van der Waals surface area contributed by atoms with Crippen molar-refractivity contribution in [3.63, 3.8) is 0 Å². The van der Waals surface area contributed by atoms with Crippen LogP contribution in [0.5, 0.6) is 0 Å². The minimum absolute atomic E-state index is 0.341. The van der Waals surface area contributed by atoms with Crippen molar-refractivity contribution in [1.29, 1.82) is 0 Å². The quantitative estimate of drug-likeness (QED) is 0.675. The van der Waals surface area contributed by atoms with E-state index in [0.717, 1.165) is 19.3 Å². The van der Waals surface area contributed by atoms with Gasteiger partial charge >= 0.3 is 0 Å². The van der Waals surface area contributed by atoms with Crippen molar-refractivity contribution in [2.75, 3.05) is 0 Å². The van der Waals surface area contributed by atoms with Gasteiger partial charge in [0.25, 0.3) is 0 Å². The first-order chi connectivity index (χ1) is 5.60. The van der Waals surface area contributed by atoms with Gasteiger partial charge in [0, 0.05) is 0 Å². The highest BCUT2D eigenvalue weighted by Gasteiger charge is 2.38. The fraction of sp³-hybridized carbons (Fsp3) is 1.00. The van der Waals surface area contributed by atoms with E-state index in [2.05, 4.69) is 20.8 Å². The molecule has 1 saturated carbocycles. The van der Waals surface area contributed by atoms with Crippen LogP contribution in [0.3, 0.4) is 0 Å². The molecule has 1 N–H and O–H groups in total. The zero-order chi connectivity index (χ0) is 9.19. The van der Waals surface area contributed by atoms with Gasteiger partial charge in [0.15, 0.2) is 0 Å². The molecule has 72 valence electrons. The number of hydrogen-bond acceptors (Lipinski definition) is 1. The molecule has 0 spiro atoms. The van der Waals surface area contributed by atoms with E-state index in [1.165, 1.54) is 12.8 Å². The normalized spacial score (nSPS) is 43.0. The lowest BCUT2D eigenvalue weighted by Gasteiger charge is -2.42. The highest BCUT2D eigenvalue weighted by Crippen LogP contribution is 2.40. The summed E-state index contributed by atoms with van der Waals surface area (Å²) < 4.78 is 0. The first kappa shape index (κ1) is 10.0. The Morgan fingerprint density at radius 2 is 2.08 bits per heavy atom. The molecular weight excluding hydrogens is 148 g/mol. The lowest BCUT2D eigenvalue weighted by molar-refractivity contribution is -0.0691. The zero-order valence-corrected chi connectivity index (χ0v) is 8.64. The Balaban J connectivity index is 2.60. The van der Waals surface area contributed by atoms with Gasteiger partial charge in [-0.25, -0.2) is 0 Å². The van der Waals surface area contributed by atoms with Crippen molar-refractivity contribution in [2.24, 2.45) is 11.8 Å². The summed E-state index contributed by atoms with van der Waals surface area (Å²) in [7, 11) is 0. The van der Waals surface area contributed by atoms with Crippen LogP contribution >= 0.6 is 0 Å². The van der Waals surface area contributed by atoms with E-state index < -0.39 is 0 Å². The van der Waals surface area contributed by atoms with Crippen LogP contribution in [-0.2, 0) is 0 Å². The molecule has 1 nitrogen and oxygen atoms in total. The first-order valence-electron chi connectivity index (χ1n) is 5.32. The standard InChI is InChI=1S/C11H22O/c1-4-7-11(12)8-5-6-9(2)10(11)3/h9-10,12H,4-8H2,1-3H3. The van der Waals surface area contributed by atoms with Crippen LogP contribution in [-0.4, -0.2) is 10.7 Å². The predicted octanol–water partition coefficient (Wildman–Crippen LogP) is 2.97. The smallest absolute Gasteiger partial charge is 0.0675 e. The summed E-state index contributed by atoms with van der Waals surface area (Å²) in [5.74, 6) is 1.20. The summed E-state index contributed by atoms with van der Waals surface area (Å²) >= 11 is 0. The second-order valence-corrected chi connectivity index (χ2v) is 4.51. The largest absolute Gasteiger partial charge is 0.390 e. The minimum Gasteiger partial charge on any atom is -0.390 e. The van der Waals surface area contributed by atoms with Crippen molar-refractivity contribution >= 4 is 0 Å². The molecular formula is C11H22O. The average molecular weight is 170 g/mol. The minimum atomic E-state index is -0.341. The van der Waals surface area contributed by atoms with Gasteiger partial charge in [-0.3, -0.25) is 0 Å². The van der Waals surface area contributed by atoms with Gasteiger partial charge in [0.05, 0.1) is 5.60 Å². The Morgan fingerprint density at radius 3 is 2.67 bits per heavy atom. The van der Waals surface area contributed by atoms with Crippen molar-refractivity contribution in [3.8, 4) is 0 Å². The van der Waals surface area contributed by atoms with Crippen molar-refractivity contribution < 1.29 is 5.11 Å². The number of rotatable bonds is 2. The van der Waals surface area contributed by atoms with E-state index in [1.807, 2.05) is 0 Å². The Kier molecular flexibility index (Phi) is 3.16. The van der Waals surface area contributed by atoms with E-state index in [4.69, 9.17) is 0 Å². The lowest BCUT2D eigenvalue weighted by atomic mass is 9.69. The SMILES string of the molecule is CCCC1(O)CCCC(C)C1C. The molecule has 1 rings (SSSR count). The molecule has 12 heavy (non-hydrogen) atoms. The maximum Gasteiger partial charge on any atom is 0.0675 e. The summed E-state index contributed by atoms with van der Waals surface area (Å²) in [6, 6.07) is 0. The van der Waals surface area contributed by atoms with E-state index >= 15 is 0 Å². The Morgan fingerprint density at radius 1 is 1.42 bits per heavy atom. The monoisotopic (exact) mass is 170 g/mol. The molecule has 0 radical (unpaired) electrons. The summed E-state index contributed by atoms with van der Waals surface area (Å²) in [6.45, 7) is 6.63. The van der Waals surface area contributed by atoms with E-state index in [-0.39, 0.29) is 5.60 Å². The fourth-order valence-corrected chi connectivity index (χ4v) is 2.52. The fourth-order valence-electron chi connectivity index (χ4n) is 2.52. The topological polar surface area (TPSA) is 20.2 Å². The van der Waals surface area contributed by atoms with Gasteiger partial charge in [-0.1, -0.05) is 40.0 Å². The molecule has 0 bridgehead atoms. The average Bonchev–Trinajstić information content (AvgIpc) is 2.01. The zero-order valence-electron chi connectivity index (χ0n) is 8.64. The molecule has 0 saturated heterocycles. The second kappa shape index (κ2) is 3.78. The van der Waals surface area contributed by atoms with Gasteiger partial charge in [-0.2, -0.15) is 0 Å². The van der Waals surface area contributed by atoms with Gasteiger partial charge in [-0.15, -0.1) is 0 Å². The first-order valence-corrected chi connectivity index (χ1v) is 5.32. The van der Waals surface area contributed by atoms with Crippen LogP contribution in [0.25, 0.3) is 0 Å². The molecule has 1 fully saturated rings. The van der Waals surface area contributed by atoms with Gasteiger partial charge < -0.3 is 5.11 Å². The van der Waals surface area contributed by atoms with Crippen LogP contribution in [0.4, 0.5) is 0 Å². The highest BCUT2D eigenvalue weighted by atomic mass is 16.3. The van der Waals surface area contributed by atoms with Crippen LogP contribution in [0, 0.1) is 11.8 Å². The van der Waals surface area contributed by atoms with Gasteiger partial charge in [-0.05, 0) is 24.7 Å². The number of aliphatic hydroxyl groups is 1. The van der Waals surface area contributed by atoms with Crippen LogP contribution in [0.1, 0.15) is 52.9 Å². The summed E-state index contributed by atoms with van der Waals surface area (Å²) in [6.07, 6.45) is 5.62. The molecule has 1 aliphatic rings. The highest BCUT2D eigenvalue weighted by molar-refractivity contribution is 4.90. The van der Waals surface area contributed by atoms with Crippen LogP contribution < -0.4 is 0 Å². The molecule has 0 aromatic carbocycles. The third-order valence-electron chi connectivity index (χ3n) is 3.65. The third-order valence-corrected chi connectivity index (χ3v) is 3.65. The van der Waals surface area contributed by atoms with E-state index in [9.17, 15) is 5.11 Å².